The van der Waals surface area contributed by atoms with Gasteiger partial charge in [-0.2, -0.15) is 0 Å². The maximum absolute atomic E-state index is 12.8. The highest BCUT2D eigenvalue weighted by Crippen LogP contribution is 2.35. The summed E-state index contributed by atoms with van der Waals surface area (Å²) in [5.41, 5.74) is 3.70. The van der Waals surface area contributed by atoms with Crippen LogP contribution in [-0.2, 0) is 4.79 Å². The smallest absolute Gasteiger partial charge is 0.323 e. The van der Waals surface area contributed by atoms with Gasteiger partial charge in [0.05, 0.1) is 12.5 Å². The SMILES string of the molecule is CCOc1ccc(NC(=O)Nc2ccc(-c3ccc(C(=O)C4CCCC4C(=O)O)cc3)cc2)cc1. The Labute approximate surface area is 204 Å². The Balaban J connectivity index is 1.35. The lowest BCUT2D eigenvalue weighted by atomic mass is 9.88. The summed E-state index contributed by atoms with van der Waals surface area (Å²) < 4.78 is 5.40. The molecular formula is C28H28N2O5. The van der Waals surface area contributed by atoms with Crippen LogP contribution in [-0.4, -0.2) is 29.5 Å². The van der Waals surface area contributed by atoms with E-state index < -0.39 is 17.8 Å². The van der Waals surface area contributed by atoms with Gasteiger partial charge in [-0.15, -0.1) is 0 Å². The van der Waals surface area contributed by atoms with Crippen molar-refractivity contribution < 1.29 is 24.2 Å². The quantitative estimate of drug-likeness (QED) is 0.345. The van der Waals surface area contributed by atoms with Crippen LogP contribution in [0.3, 0.4) is 0 Å². The molecule has 0 saturated heterocycles. The van der Waals surface area contributed by atoms with Crippen molar-refractivity contribution >= 4 is 29.2 Å². The molecule has 2 atom stereocenters. The van der Waals surface area contributed by atoms with E-state index in [1.807, 2.05) is 43.3 Å². The van der Waals surface area contributed by atoms with Crippen molar-refractivity contribution in [2.45, 2.75) is 26.2 Å². The molecule has 3 aromatic rings. The van der Waals surface area contributed by atoms with Crippen LogP contribution in [0.2, 0.25) is 0 Å². The highest BCUT2D eigenvalue weighted by Gasteiger charge is 2.37. The second-order valence-corrected chi connectivity index (χ2v) is 8.54. The number of anilines is 2. The van der Waals surface area contributed by atoms with Gasteiger partial charge in [0, 0.05) is 22.9 Å². The molecule has 1 fully saturated rings. The number of nitrogens with one attached hydrogen (secondary N) is 2. The number of carbonyl (C=O) groups excluding carboxylic acids is 2. The Morgan fingerprint density at radius 3 is 1.86 bits per heavy atom. The van der Waals surface area contributed by atoms with Crippen LogP contribution in [0, 0.1) is 11.8 Å². The Kier molecular flexibility index (Phi) is 7.45. The van der Waals surface area contributed by atoms with Crippen molar-refractivity contribution in [1.29, 1.82) is 0 Å². The number of ketones is 1. The van der Waals surface area contributed by atoms with Crippen LogP contribution in [0.5, 0.6) is 5.75 Å². The Hall–Kier alpha value is -4.13. The van der Waals surface area contributed by atoms with Crippen LogP contribution >= 0.6 is 0 Å². The summed E-state index contributed by atoms with van der Waals surface area (Å²) in [5, 5.41) is 14.9. The third-order valence-electron chi connectivity index (χ3n) is 6.24. The van der Waals surface area contributed by atoms with Crippen molar-refractivity contribution in [1.82, 2.24) is 0 Å². The average molecular weight is 473 g/mol. The number of hydrogen-bond acceptors (Lipinski definition) is 4. The van der Waals surface area contributed by atoms with E-state index in [1.54, 1.807) is 36.4 Å². The largest absolute Gasteiger partial charge is 0.494 e. The zero-order chi connectivity index (χ0) is 24.8. The minimum absolute atomic E-state index is 0.0976. The molecule has 0 radical (unpaired) electrons. The first-order valence-electron chi connectivity index (χ1n) is 11.7. The Morgan fingerprint density at radius 2 is 1.31 bits per heavy atom. The van der Waals surface area contributed by atoms with Gasteiger partial charge in [-0.25, -0.2) is 4.79 Å². The molecule has 0 bridgehead atoms. The van der Waals surface area contributed by atoms with Crippen molar-refractivity contribution in [3.05, 3.63) is 78.4 Å². The molecule has 0 spiro atoms. The first-order chi connectivity index (χ1) is 16.9. The van der Waals surface area contributed by atoms with E-state index in [2.05, 4.69) is 10.6 Å². The third kappa shape index (κ3) is 5.87. The number of ether oxygens (including phenoxy) is 1. The molecule has 2 unspecified atom stereocenters. The molecule has 35 heavy (non-hydrogen) atoms. The molecule has 0 aromatic heterocycles. The molecule has 7 nitrogen and oxygen atoms in total. The number of aliphatic carboxylic acids is 1. The Bertz CT molecular complexity index is 1190. The fraction of sp³-hybridized carbons (Fsp3) is 0.250. The van der Waals surface area contributed by atoms with E-state index in [1.165, 1.54) is 0 Å². The zero-order valence-corrected chi connectivity index (χ0v) is 19.5. The zero-order valence-electron chi connectivity index (χ0n) is 19.5. The molecule has 7 heteroatoms. The van der Waals surface area contributed by atoms with Crippen LogP contribution in [0.25, 0.3) is 11.1 Å². The summed E-state index contributed by atoms with van der Waals surface area (Å²) in [6, 6.07) is 21.4. The van der Waals surface area contributed by atoms with E-state index >= 15 is 0 Å². The third-order valence-corrected chi connectivity index (χ3v) is 6.24. The van der Waals surface area contributed by atoms with Crippen molar-refractivity contribution in [2.24, 2.45) is 11.8 Å². The second-order valence-electron chi connectivity index (χ2n) is 8.54. The van der Waals surface area contributed by atoms with E-state index in [0.717, 1.165) is 23.3 Å². The molecule has 1 aliphatic carbocycles. The minimum atomic E-state index is -0.890. The first kappa shape index (κ1) is 24.0. The molecular weight excluding hydrogens is 444 g/mol. The molecule has 3 N–H and O–H groups in total. The van der Waals surface area contributed by atoms with Crippen molar-refractivity contribution in [3.63, 3.8) is 0 Å². The van der Waals surface area contributed by atoms with Gasteiger partial charge in [-0.1, -0.05) is 42.8 Å². The summed E-state index contributed by atoms with van der Waals surface area (Å²) in [7, 11) is 0. The van der Waals surface area contributed by atoms with E-state index in [9.17, 15) is 19.5 Å². The molecule has 0 aliphatic heterocycles. The Morgan fingerprint density at radius 1 is 0.800 bits per heavy atom. The van der Waals surface area contributed by atoms with Gasteiger partial charge in [0.15, 0.2) is 5.78 Å². The number of rotatable bonds is 8. The number of benzene rings is 3. The predicted molar refractivity (Wildman–Crippen MR) is 135 cm³/mol. The lowest BCUT2D eigenvalue weighted by Gasteiger charge is -2.14. The fourth-order valence-electron chi connectivity index (χ4n) is 4.45. The number of carbonyl (C=O) groups is 3. The van der Waals surface area contributed by atoms with Gasteiger partial charge < -0.3 is 20.5 Å². The van der Waals surface area contributed by atoms with Gasteiger partial charge in [0.2, 0.25) is 0 Å². The maximum atomic E-state index is 12.8. The maximum Gasteiger partial charge on any atom is 0.323 e. The molecule has 180 valence electrons. The summed E-state index contributed by atoms with van der Waals surface area (Å²) in [6.45, 7) is 2.50. The van der Waals surface area contributed by atoms with Crippen LogP contribution in [0.15, 0.2) is 72.8 Å². The molecule has 0 heterocycles. The summed E-state index contributed by atoms with van der Waals surface area (Å²) in [6.07, 6.45) is 1.95. The molecule has 1 saturated carbocycles. The topological polar surface area (TPSA) is 105 Å². The van der Waals surface area contributed by atoms with Gasteiger partial charge >= 0.3 is 12.0 Å². The van der Waals surface area contributed by atoms with Crippen LogP contribution in [0.4, 0.5) is 16.2 Å². The average Bonchev–Trinajstić information content (AvgIpc) is 3.36. The number of carboxylic acids is 1. The van der Waals surface area contributed by atoms with Gasteiger partial charge in [-0.05, 0) is 67.3 Å². The van der Waals surface area contributed by atoms with Crippen molar-refractivity contribution in [2.75, 3.05) is 17.2 Å². The summed E-state index contributed by atoms with van der Waals surface area (Å²) in [5.74, 6) is -1.28. The molecule has 1 aliphatic rings. The fourth-order valence-corrected chi connectivity index (χ4v) is 4.45. The second kappa shape index (κ2) is 10.9. The van der Waals surface area contributed by atoms with E-state index in [4.69, 9.17) is 4.74 Å². The van der Waals surface area contributed by atoms with Gasteiger partial charge in [0.1, 0.15) is 5.75 Å². The highest BCUT2D eigenvalue weighted by atomic mass is 16.5. The lowest BCUT2D eigenvalue weighted by Crippen LogP contribution is -2.25. The first-order valence-corrected chi connectivity index (χ1v) is 11.7. The number of hydrogen-bond donors (Lipinski definition) is 3. The van der Waals surface area contributed by atoms with Crippen molar-refractivity contribution in [3.8, 4) is 16.9 Å². The van der Waals surface area contributed by atoms with Gasteiger partial charge in [-0.3, -0.25) is 9.59 Å². The minimum Gasteiger partial charge on any atom is -0.494 e. The van der Waals surface area contributed by atoms with Gasteiger partial charge in [0.25, 0.3) is 0 Å². The highest BCUT2D eigenvalue weighted by molar-refractivity contribution is 6.01. The number of urea groups is 1. The van der Waals surface area contributed by atoms with Crippen LogP contribution in [0.1, 0.15) is 36.5 Å². The predicted octanol–water partition coefficient (Wildman–Crippen LogP) is 6.08. The monoisotopic (exact) mass is 472 g/mol. The van der Waals surface area contributed by atoms with Crippen LogP contribution < -0.4 is 15.4 Å². The normalized spacial score (nSPS) is 16.9. The number of amides is 2. The number of Topliss-reactive ketones (excluding diaryl/α,β-unsaturated/α-hetero) is 1. The summed E-state index contributed by atoms with van der Waals surface area (Å²) in [4.78, 5) is 36.5. The standard InChI is InChI=1S/C28H28N2O5/c1-2-35-23-16-14-22(15-17-23)30-28(34)29-21-12-10-19(11-13-21)18-6-8-20(9-7-18)26(31)24-4-3-5-25(24)27(32)33/h6-17,24-25H,2-5H2,1H3,(H,32,33)(H2,29,30,34). The lowest BCUT2D eigenvalue weighted by molar-refractivity contribution is -0.142. The number of carboxylic acid groups (broad SMARTS) is 1. The van der Waals surface area contributed by atoms with E-state index in [-0.39, 0.29) is 11.8 Å². The molecule has 4 rings (SSSR count). The van der Waals surface area contributed by atoms with E-state index in [0.29, 0.717) is 36.4 Å². The summed E-state index contributed by atoms with van der Waals surface area (Å²) >= 11 is 0. The molecule has 2 amide bonds. The molecule has 3 aromatic carbocycles.